The molecule has 4 nitrogen and oxygen atoms in total. The number of alkyl halides is 2. The molecule has 1 saturated heterocycles. The van der Waals surface area contributed by atoms with Crippen LogP contribution >= 0.6 is 0 Å². The highest BCUT2D eigenvalue weighted by molar-refractivity contribution is 5.68. The molecule has 16 heavy (non-hydrogen) atoms. The number of hydrogen-bond donors (Lipinski definition) is 1. The molecule has 0 aliphatic carbocycles. The highest BCUT2D eigenvalue weighted by Crippen LogP contribution is 2.26. The van der Waals surface area contributed by atoms with Crippen molar-refractivity contribution in [3.8, 4) is 0 Å². The zero-order valence-corrected chi connectivity index (χ0v) is 9.42. The van der Waals surface area contributed by atoms with Gasteiger partial charge in [-0.25, -0.2) is 13.6 Å². The first-order chi connectivity index (χ1) is 7.44. The van der Waals surface area contributed by atoms with E-state index < -0.39 is 24.6 Å². The lowest BCUT2D eigenvalue weighted by molar-refractivity contribution is -0.0667. The average molecular weight is 236 g/mol. The van der Waals surface area contributed by atoms with Gasteiger partial charge in [0.15, 0.2) is 0 Å². The molecular weight excluding hydrogens is 218 g/mol. The van der Waals surface area contributed by atoms with Crippen molar-refractivity contribution in [2.45, 2.75) is 38.2 Å². The number of amides is 1. The summed E-state index contributed by atoms with van der Waals surface area (Å²) in [7, 11) is 0. The molecule has 2 N–H and O–H groups in total. The molecule has 1 amide bonds. The highest BCUT2D eigenvalue weighted by Gasteiger charge is 2.41. The molecule has 6 heteroatoms. The molecule has 0 radical (unpaired) electrons. The lowest BCUT2D eigenvalue weighted by atomic mass is 10.0. The van der Waals surface area contributed by atoms with Crippen LogP contribution < -0.4 is 5.73 Å². The van der Waals surface area contributed by atoms with Crippen LogP contribution in [0.3, 0.4) is 0 Å². The van der Waals surface area contributed by atoms with E-state index in [4.69, 9.17) is 10.5 Å². The number of nitrogens with zero attached hydrogens (tertiary/aromatic N) is 1. The van der Waals surface area contributed by atoms with Crippen LogP contribution in [0.4, 0.5) is 13.6 Å². The third kappa shape index (κ3) is 3.92. The Kier molecular flexibility index (Phi) is 4.46. The van der Waals surface area contributed by atoms with E-state index >= 15 is 0 Å². The zero-order valence-electron chi connectivity index (χ0n) is 9.42. The number of carbonyl (C=O) groups is 1. The third-order valence-electron chi connectivity index (χ3n) is 2.42. The summed E-state index contributed by atoms with van der Waals surface area (Å²) in [5.74, 6) is -2.90. The van der Waals surface area contributed by atoms with Gasteiger partial charge < -0.3 is 15.4 Å². The van der Waals surface area contributed by atoms with Gasteiger partial charge in [0.05, 0.1) is 13.2 Å². The molecule has 0 aromatic carbocycles. The van der Waals surface area contributed by atoms with Crippen LogP contribution in [0, 0.1) is 0 Å². The Morgan fingerprint density at radius 2 is 2.31 bits per heavy atom. The van der Waals surface area contributed by atoms with Gasteiger partial charge in [0, 0.05) is 19.0 Å². The predicted molar refractivity (Wildman–Crippen MR) is 55.4 cm³/mol. The van der Waals surface area contributed by atoms with Gasteiger partial charge in [-0.1, -0.05) is 13.3 Å². The van der Waals surface area contributed by atoms with E-state index in [9.17, 15) is 13.6 Å². The Hall–Kier alpha value is -0.910. The summed E-state index contributed by atoms with van der Waals surface area (Å²) in [6.45, 7) is 1.78. The van der Waals surface area contributed by atoms with Crippen molar-refractivity contribution in [3.05, 3.63) is 0 Å². The fraction of sp³-hybridized carbons (Fsp3) is 0.900. The van der Waals surface area contributed by atoms with Crippen LogP contribution in [-0.2, 0) is 4.74 Å². The van der Waals surface area contributed by atoms with Gasteiger partial charge in [0.1, 0.15) is 0 Å². The number of likely N-dealkylation sites (tertiary alicyclic amines) is 1. The molecular formula is C10H18F2N2O2. The molecule has 0 saturated carbocycles. The van der Waals surface area contributed by atoms with Crippen molar-refractivity contribution >= 4 is 6.09 Å². The number of rotatable bonds is 3. The number of carbonyl (C=O) groups excluding carboxylic acids is 1. The maximum atomic E-state index is 13.1. The third-order valence-corrected chi connectivity index (χ3v) is 2.42. The molecule has 0 aromatic heterocycles. The van der Waals surface area contributed by atoms with Crippen molar-refractivity contribution in [2.24, 2.45) is 5.73 Å². The van der Waals surface area contributed by atoms with E-state index in [-0.39, 0.29) is 19.6 Å². The van der Waals surface area contributed by atoms with Crippen molar-refractivity contribution in [2.75, 3.05) is 19.7 Å². The van der Waals surface area contributed by atoms with E-state index in [2.05, 4.69) is 0 Å². The number of unbranched alkanes of at least 4 members (excludes halogenated alkanes) is 1. The topological polar surface area (TPSA) is 55.6 Å². The molecule has 0 spiro atoms. The number of piperidine rings is 1. The minimum atomic E-state index is -2.90. The van der Waals surface area contributed by atoms with Crippen LogP contribution in [0.1, 0.15) is 26.2 Å². The summed E-state index contributed by atoms with van der Waals surface area (Å²) in [4.78, 5) is 12.4. The van der Waals surface area contributed by atoms with Crippen molar-refractivity contribution < 1.29 is 18.3 Å². The van der Waals surface area contributed by atoms with Gasteiger partial charge in [-0.2, -0.15) is 0 Å². The summed E-state index contributed by atoms with van der Waals surface area (Å²) < 4.78 is 31.1. The maximum Gasteiger partial charge on any atom is 0.410 e. The van der Waals surface area contributed by atoms with Crippen LogP contribution in [-0.4, -0.2) is 42.7 Å². The second-order valence-electron chi connectivity index (χ2n) is 4.17. The lowest BCUT2D eigenvalue weighted by Crippen LogP contribution is -2.54. The maximum absolute atomic E-state index is 13.1. The van der Waals surface area contributed by atoms with E-state index in [0.29, 0.717) is 0 Å². The molecule has 94 valence electrons. The molecule has 0 bridgehead atoms. The minimum absolute atomic E-state index is 0.139. The molecule has 1 heterocycles. The average Bonchev–Trinajstić information content (AvgIpc) is 2.14. The Bertz CT molecular complexity index is 249. The summed E-state index contributed by atoms with van der Waals surface area (Å²) >= 11 is 0. The second-order valence-corrected chi connectivity index (χ2v) is 4.17. The van der Waals surface area contributed by atoms with Crippen molar-refractivity contribution in [1.29, 1.82) is 0 Å². The fourth-order valence-electron chi connectivity index (χ4n) is 1.67. The van der Waals surface area contributed by atoms with Gasteiger partial charge in [-0.15, -0.1) is 0 Å². The first kappa shape index (κ1) is 13.2. The highest BCUT2D eigenvalue weighted by atomic mass is 19.3. The Balaban J connectivity index is 2.43. The first-order valence-electron chi connectivity index (χ1n) is 5.49. The van der Waals surface area contributed by atoms with Crippen LogP contribution in [0.15, 0.2) is 0 Å². The number of halogens is 2. The SMILES string of the molecule is CCCCOC(=O)N1C[C@@H](N)CC(F)(F)C1. The molecule has 1 rings (SSSR count). The van der Waals surface area contributed by atoms with E-state index in [0.717, 1.165) is 17.7 Å². The van der Waals surface area contributed by atoms with Gasteiger partial charge in [0.2, 0.25) is 0 Å². The van der Waals surface area contributed by atoms with Crippen LogP contribution in [0.5, 0.6) is 0 Å². The Labute approximate surface area is 93.7 Å². The zero-order chi connectivity index (χ0) is 12.2. The van der Waals surface area contributed by atoms with Crippen LogP contribution in [0.2, 0.25) is 0 Å². The van der Waals surface area contributed by atoms with E-state index in [1.807, 2.05) is 6.92 Å². The standard InChI is InChI=1S/C10H18F2N2O2/c1-2-3-4-16-9(15)14-6-8(13)5-10(11,12)7-14/h8H,2-7,13H2,1H3/t8-/m0/s1. The molecule has 1 aliphatic rings. The second kappa shape index (κ2) is 5.43. The molecule has 1 atom stereocenters. The Morgan fingerprint density at radius 3 is 2.88 bits per heavy atom. The molecule has 0 aromatic rings. The number of nitrogens with two attached hydrogens (primary N) is 1. The number of ether oxygens (including phenoxy) is 1. The lowest BCUT2D eigenvalue weighted by Gasteiger charge is -2.35. The molecule has 1 aliphatic heterocycles. The Morgan fingerprint density at radius 1 is 1.62 bits per heavy atom. The fourth-order valence-corrected chi connectivity index (χ4v) is 1.67. The summed E-state index contributed by atoms with van der Waals surface area (Å²) in [6, 6.07) is -0.678. The summed E-state index contributed by atoms with van der Waals surface area (Å²) in [5.41, 5.74) is 5.46. The van der Waals surface area contributed by atoms with Crippen molar-refractivity contribution in [1.82, 2.24) is 4.90 Å². The minimum Gasteiger partial charge on any atom is -0.449 e. The van der Waals surface area contributed by atoms with E-state index in [1.54, 1.807) is 0 Å². The van der Waals surface area contributed by atoms with Gasteiger partial charge >= 0.3 is 6.09 Å². The molecule has 1 fully saturated rings. The van der Waals surface area contributed by atoms with Gasteiger partial charge in [0.25, 0.3) is 5.92 Å². The van der Waals surface area contributed by atoms with Gasteiger partial charge in [-0.3, -0.25) is 0 Å². The first-order valence-corrected chi connectivity index (χ1v) is 5.49. The smallest absolute Gasteiger partial charge is 0.410 e. The van der Waals surface area contributed by atoms with Crippen molar-refractivity contribution in [3.63, 3.8) is 0 Å². The van der Waals surface area contributed by atoms with Gasteiger partial charge in [-0.05, 0) is 6.42 Å². The summed E-state index contributed by atoms with van der Waals surface area (Å²) in [5, 5.41) is 0. The van der Waals surface area contributed by atoms with E-state index in [1.165, 1.54) is 0 Å². The normalized spacial score (nSPS) is 24.2. The molecule has 0 unspecified atom stereocenters. The van der Waals surface area contributed by atoms with Crippen LogP contribution in [0.25, 0.3) is 0 Å². The monoisotopic (exact) mass is 236 g/mol. The largest absolute Gasteiger partial charge is 0.449 e. The number of hydrogen-bond acceptors (Lipinski definition) is 3. The predicted octanol–water partition coefficient (Wildman–Crippen LogP) is 1.59. The summed E-state index contributed by atoms with van der Waals surface area (Å²) in [6.07, 6.45) is 0.569. The quantitative estimate of drug-likeness (QED) is 0.757.